The number of nitrogens with zero attached hydrogens (tertiary/aromatic N) is 2. The van der Waals surface area contributed by atoms with Crippen molar-refractivity contribution < 1.29 is 9.84 Å². The lowest BCUT2D eigenvalue weighted by Gasteiger charge is -2.09. The van der Waals surface area contributed by atoms with Crippen LogP contribution in [0, 0.1) is 13.8 Å². The summed E-state index contributed by atoms with van der Waals surface area (Å²) in [5.41, 5.74) is 5.53. The van der Waals surface area contributed by atoms with Gasteiger partial charge >= 0.3 is 0 Å². The van der Waals surface area contributed by atoms with E-state index < -0.39 is 0 Å². The predicted octanol–water partition coefficient (Wildman–Crippen LogP) is 2.64. The van der Waals surface area contributed by atoms with Crippen molar-refractivity contribution in [3.8, 4) is 0 Å². The second-order valence-electron chi connectivity index (χ2n) is 5.29. The van der Waals surface area contributed by atoms with Crippen molar-refractivity contribution >= 4 is 5.69 Å². The Hall–Kier alpha value is -1.85. The van der Waals surface area contributed by atoms with Gasteiger partial charge in [0.1, 0.15) is 0 Å². The molecule has 0 radical (unpaired) electrons. The summed E-state index contributed by atoms with van der Waals surface area (Å²) in [4.78, 5) is 0. The van der Waals surface area contributed by atoms with Crippen LogP contribution in [0.25, 0.3) is 0 Å². The van der Waals surface area contributed by atoms with Gasteiger partial charge in [-0.1, -0.05) is 12.1 Å². The van der Waals surface area contributed by atoms with E-state index in [1.54, 1.807) is 0 Å². The van der Waals surface area contributed by atoms with Crippen LogP contribution in [0.4, 0.5) is 5.69 Å². The third kappa shape index (κ3) is 4.08. The lowest BCUT2D eigenvalue weighted by atomic mass is 10.1. The molecule has 2 aromatic rings. The number of aliphatic hydroxyl groups is 1. The molecule has 5 heteroatoms. The second kappa shape index (κ2) is 7.96. The summed E-state index contributed by atoms with van der Waals surface area (Å²) < 4.78 is 7.30. The number of ether oxygens (including phenoxy) is 1. The van der Waals surface area contributed by atoms with Crippen molar-refractivity contribution in [3.05, 3.63) is 46.8 Å². The van der Waals surface area contributed by atoms with Crippen LogP contribution in [-0.4, -0.2) is 28.1 Å². The molecular weight excluding hydrogens is 278 g/mol. The van der Waals surface area contributed by atoms with E-state index in [-0.39, 0.29) is 6.61 Å². The summed E-state index contributed by atoms with van der Waals surface area (Å²) in [5.74, 6) is 0. The summed E-state index contributed by atoms with van der Waals surface area (Å²) in [6.45, 7) is 8.77. The number of rotatable bonds is 8. The molecule has 0 aliphatic heterocycles. The molecule has 0 fully saturated rings. The van der Waals surface area contributed by atoms with Crippen molar-refractivity contribution in [1.29, 1.82) is 0 Å². The summed E-state index contributed by atoms with van der Waals surface area (Å²) in [6, 6.07) is 8.26. The van der Waals surface area contributed by atoms with Crippen LogP contribution in [0.15, 0.2) is 24.3 Å². The highest BCUT2D eigenvalue weighted by Gasteiger charge is 2.10. The molecule has 1 aromatic heterocycles. The Balaban J connectivity index is 2.04. The molecule has 0 unspecified atom stereocenters. The van der Waals surface area contributed by atoms with Crippen LogP contribution in [0.2, 0.25) is 0 Å². The zero-order chi connectivity index (χ0) is 15.9. The molecule has 5 nitrogen and oxygen atoms in total. The minimum atomic E-state index is 0.105. The molecule has 0 atom stereocenters. The van der Waals surface area contributed by atoms with Crippen LogP contribution in [0.3, 0.4) is 0 Å². The van der Waals surface area contributed by atoms with Gasteiger partial charge in [0.2, 0.25) is 0 Å². The first-order valence-electron chi connectivity index (χ1n) is 7.70. The fourth-order valence-electron chi connectivity index (χ4n) is 2.48. The third-order valence-electron chi connectivity index (χ3n) is 3.71. The lowest BCUT2D eigenvalue weighted by Crippen LogP contribution is -2.07. The number of nitrogens with one attached hydrogen (secondary N) is 1. The van der Waals surface area contributed by atoms with Gasteiger partial charge in [0.05, 0.1) is 25.5 Å². The van der Waals surface area contributed by atoms with E-state index in [1.165, 1.54) is 5.56 Å². The van der Waals surface area contributed by atoms with Gasteiger partial charge in [-0.3, -0.25) is 4.68 Å². The Bertz CT molecular complexity index is 608. The van der Waals surface area contributed by atoms with Crippen LogP contribution in [0.1, 0.15) is 29.4 Å². The maximum atomic E-state index is 9.07. The summed E-state index contributed by atoms with van der Waals surface area (Å²) in [6.07, 6.45) is 0. The smallest absolute Gasteiger partial charge is 0.0717 e. The average molecular weight is 303 g/mol. The molecule has 0 aliphatic rings. The Morgan fingerprint density at radius 3 is 2.86 bits per heavy atom. The van der Waals surface area contributed by atoms with Gasteiger partial charge < -0.3 is 15.2 Å². The van der Waals surface area contributed by atoms with E-state index in [9.17, 15) is 0 Å². The highest BCUT2D eigenvalue weighted by molar-refractivity contribution is 5.46. The second-order valence-corrected chi connectivity index (χ2v) is 5.29. The van der Waals surface area contributed by atoms with E-state index >= 15 is 0 Å². The molecule has 0 bridgehead atoms. The monoisotopic (exact) mass is 303 g/mol. The van der Waals surface area contributed by atoms with Crippen LogP contribution in [-0.2, 0) is 24.4 Å². The molecule has 0 spiro atoms. The van der Waals surface area contributed by atoms with E-state index in [2.05, 4.69) is 28.6 Å². The van der Waals surface area contributed by atoms with E-state index in [1.807, 2.05) is 31.5 Å². The molecule has 0 aliphatic carbocycles. The SMILES string of the molecule is CCOCc1cccc(NCc2c(C)nn(CCO)c2C)c1. The quantitative estimate of drug-likeness (QED) is 0.787. The maximum Gasteiger partial charge on any atom is 0.0717 e. The highest BCUT2D eigenvalue weighted by Crippen LogP contribution is 2.17. The largest absolute Gasteiger partial charge is 0.394 e. The van der Waals surface area contributed by atoms with Crippen LogP contribution >= 0.6 is 0 Å². The predicted molar refractivity (Wildman–Crippen MR) is 87.9 cm³/mol. The van der Waals surface area contributed by atoms with E-state index in [0.29, 0.717) is 13.2 Å². The molecule has 0 saturated heterocycles. The van der Waals surface area contributed by atoms with Gasteiger partial charge in [-0.15, -0.1) is 0 Å². The minimum absolute atomic E-state index is 0.105. The molecule has 0 saturated carbocycles. The molecule has 22 heavy (non-hydrogen) atoms. The topological polar surface area (TPSA) is 59.3 Å². The highest BCUT2D eigenvalue weighted by atomic mass is 16.5. The van der Waals surface area contributed by atoms with Gasteiger partial charge in [0.15, 0.2) is 0 Å². The van der Waals surface area contributed by atoms with Crippen LogP contribution in [0.5, 0.6) is 0 Å². The molecule has 2 rings (SSSR count). The number of benzene rings is 1. The number of hydrogen-bond donors (Lipinski definition) is 2. The first kappa shape index (κ1) is 16.5. The minimum Gasteiger partial charge on any atom is -0.394 e. The van der Waals surface area contributed by atoms with Crippen molar-refractivity contribution in [1.82, 2.24) is 9.78 Å². The normalized spacial score (nSPS) is 10.9. The molecule has 0 amide bonds. The molecule has 1 aromatic carbocycles. The van der Waals surface area contributed by atoms with Gasteiger partial charge in [0.25, 0.3) is 0 Å². The number of aryl methyl sites for hydroxylation is 1. The Kier molecular flexibility index (Phi) is 5.98. The fraction of sp³-hybridized carbons (Fsp3) is 0.471. The Labute approximate surface area is 131 Å². The number of aromatic nitrogens is 2. The molecule has 1 heterocycles. The first-order chi connectivity index (χ1) is 10.7. The molecule has 2 N–H and O–H groups in total. The Morgan fingerprint density at radius 1 is 1.32 bits per heavy atom. The number of anilines is 1. The number of aliphatic hydroxyl groups excluding tert-OH is 1. The van der Waals surface area contributed by atoms with Gasteiger partial charge in [-0.05, 0) is 38.5 Å². The third-order valence-corrected chi connectivity index (χ3v) is 3.71. The zero-order valence-electron chi connectivity index (χ0n) is 13.6. The summed E-state index contributed by atoms with van der Waals surface area (Å²) in [5, 5.41) is 17.0. The Morgan fingerprint density at radius 2 is 2.14 bits per heavy atom. The maximum absolute atomic E-state index is 9.07. The standard InChI is InChI=1S/C17H25N3O2/c1-4-22-12-15-6-5-7-16(10-15)18-11-17-13(2)19-20(8-9-21)14(17)3/h5-7,10,18,21H,4,8-9,11-12H2,1-3H3. The molecule has 120 valence electrons. The fourth-order valence-corrected chi connectivity index (χ4v) is 2.48. The van der Waals surface area contributed by atoms with Gasteiger partial charge in [-0.2, -0.15) is 5.10 Å². The zero-order valence-corrected chi connectivity index (χ0v) is 13.6. The van der Waals surface area contributed by atoms with Crippen LogP contribution < -0.4 is 5.32 Å². The van der Waals surface area contributed by atoms with E-state index in [4.69, 9.17) is 9.84 Å². The average Bonchev–Trinajstić information content (AvgIpc) is 2.78. The van der Waals surface area contributed by atoms with Crippen molar-refractivity contribution in [2.45, 2.75) is 40.5 Å². The first-order valence-corrected chi connectivity index (χ1v) is 7.70. The van der Waals surface area contributed by atoms with E-state index in [0.717, 1.165) is 35.8 Å². The van der Waals surface area contributed by atoms with Crippen molar-refractivity contribution in [3.63, 3.8) is 0 Å². The van der Waals surface area contributed by atoms with Gasteiger partial charge in [-0.25, -0.2) is 0 Å². The lowest BCUT2D eigenvalue weighted by molar-refractivity contribution is 0.134. The number of hydrogen-bond acceptors (Lipinski definition) is 4. The van der Waals surface area contributed by atoms with Gasteiger partial charge in [0, 0.05) is 30.1 Å². The van der Waals surface area contributed by atoms with Crippen molar-refractivity contribution in [2.75, 3.05) is 18.5 Å². The summed E-state index contributed by atoms with van der Waals surface area (Å²) >= 11 is 0. The molecular formula is C17H25N3O2. The summed E-state index contributed by atoms with van der Waals surface area (Å²) in [7, 11) is 0. The van der Waals surface area contributed by atoms with Crippen molar-refractivity contribution in [2.24, 2.45) is 0 Å².